The van der Waals surface area contributed by atoms with Gasteiger partial charge in [-0.25, -0.2) is 8.42 Å². The molecule has 0 aliphatic rings. The molecular formula is C15H18N2O5S. The van der Waals surface area contributed by atoms with E-state index in [0.29, 0.717) is 6.54 Å². The van der Waals surface area contributed by atoms with E-state index in [4.69, 9.17) is 11.5 Å². The van der Waals surface area contributed by atoms with E-state index in [2.05, 4.69) is 10.6 Å². The Morgan fingerprint density at radius 3 is 2.65 bits per heavy atom. The van der Waals surface area contributed by atoms with Crippen LogP contribution in [0.1, 0.15) is 23.7 Å². The van der Waals surface area contributed by atoms with Crippen molar-refractivity contribution >= 4 is 21.9 Å². The van der Waals surface area contributed by atoms with Gasteiger partial charge >= 0.3 is 5.97 Å². The fraction of sp³-hybridized carbons (Fsp3) is 0.333. The molecule has 0 aliphatic heterocycles. The lowest BCUT2D eigenvalue weighted by atomic mass is 10.2. The van der Waals surface area contributed by atoms with Gasteiger partial charge in [-0.05, 0) is 25.1 Å². The highest BCUT2D eigenvalue weighted by Crippen LogP contribution is 2.13. The fourth-order valence-electron chi connectivity index (χ4n) is 1.83. The number of carboxylic acids is 1. The Hall–Kier alpha value is -2.37. The number of carbonyl (C=O) groups excluding carboxylic acids is 1. The Bertz CT molecular complexity index is 722. The first-order valence-electron chi connectivity index (χ1n) is 6.86. The average molecular weight is 338 g/mol. The first kappa shape index (κ1) is 18.7. The highest BCUT2D eigenvalue weighted by molar-refractivity contribution is 7.89. The molecule has 1 aromatic carbocycles. The molecule has 7 nitrogen and oxygen atoms in total. The molecule has 0 unspecified atom stereocenters. The molecule has 23 heavy (non-hydrogen) atoms. The number of nitrogens with zero attached hydrogens (tertiary/aromatic N) is 1. The predicted octanol–water partition coefficient (Wildman–Crippen LogP) is 0.535. The molecule has 0 saturated carbocycles. The highest BCUT2D eigenvalue weighted by atomic mass is 32.2. The Kier molecular flexibility index (Phi) is 6.75. The van der Waals surface area contributed by atoms with E-state index in [9.17, 15) is 18.0 Å². The van der Waals surface area contributed by atoms with Crippen LogP contribution >= 0.6 is 0 Å². The maximum Gasteiger partial charge on any atom is 0.305 e. The van der Waals surface area contributed by atoms with Crippen molar-refractivity contribution in [1.29, 1.82) is 0 Å². The molecule has 1 amide bonds. The molecule has 0 fully saturated rings. The molecule has 1 aromatic rings. The first-order valence-corrected chi connectivity index (χ1v) is 8.34. The van der Waals surface area contributed by atoms with Crippen LogP contribution in [0.15, 0.2) is 29.2 Å². The summed E-state index contributed by atoms with van der Waals surface area (Å²) < 4.78 is 26.2. The maximum atomic E-state index is 12.4. The van der Waals surface area contributed by atoms with Crippen LogP contribution < -0.4 is 4.72 Å². The van der Waals surface area contributed by atoms with Crippen molar-refractivity contribution in [1.82, 2.24) is 9.62 Å². The van der Waals surface area contributed by atoms with E-state index in [-0.39, 0.29) is 30.0 Å². The number of amides is 1. The summed E-state index contributed by atoms with van der Waals surface area (Å²) in [6.07, 6.45) is 4.84. The minimum Gasteiger partial charge on any atom is -0.481 e. The zero-order chi connectivity index (χ0) is 17.5. The summed E-state index contributed by atoms with van der Waals surface area (Å²) in [5.74, 6) is 0.728. The van der Waals surface area contributed by atoms with Gasteiger partial charge in [0.25, 0.3) is 5.91 Å². The van der Waals surface area contributed by atoms with Crippen LogP contribution in [-0.2, 0) is 14.8 Å². The quantitative estimate of drug-likeness (QED) is 0.673. The van der Waals surface area contributed by atoms with E-state index in [1.807, 2.05) is 0 Å². The van der Waals surface area contributed by atoms with Gasteiger partial charge in [0.1, 0.15) is 0 Å². The molecule has 0 bridgehead atoms. The van der Waals surface area contributed by atoms with E-state index in [1.165, 1.54) is 29.2 Å². The van der Waals surface area contributed by atoms with E-state index in [0.717, 1.165) is 0 Å². The Balaban J connectivity index is 3.01. The number of rotatable bonds is 8. The minimum atomic E-state index is -3.79. The van der Waals surface area contributed by atoms with Crippen LogP contribution in [0.5, 0.6) is 0 Å². The molecule has 0 spiro atoms. The van der Waals surface area contributed by atoms with Crippen LogP contribution in [-0.4, -0.2) is 49.9 Å². The zero-order valence-electron chi connectivity index (χ0n) is 12.7. The Morgan fingerprint density at radius 2 is 2.09 bits per heavy atom. The van der Waals surface area contributed by atoms with Crippen LogP contribution in [0.2, 0.25) is 0 Å². The molecule has 0 heterocycles. The standard InChI is InChI=1S/C15H18N2O5S/c1-3-9-16-23(21,22)13-7-5-6-12(11-13)15(20)17(4-2)10-8-14(18)19/h1,5-7,11,16H,4,8-10H2,2H3,(H,18,19). The number of sulfonamides is 1. The number of carbonyl (C=O) groups is 2. The molecule has 0 radical (unpaired) electrons. The fourth-order valence-corrected chi connectivity index (χ4v) is 2.81. The largest absolute Gasteiger partial charge is 0.481 e. The molecule has 0 aliphatic carbocycles. The van der Waals surface area contributed by atoms with Gasteiger partial charge in [0.2, 0.25) is 10.0 Å². The van der Waals surface area contributed by atoms with Crippen molar-refractivity contribution in [3.8, 4) is 12.3 Å². The number of carboxylic acid groups (broad SMARTS) is 1. The monoisotopic (exact) mass is 338 g/mol. The molecule has 124 valence electrons. The minimum absolute atomic E-state index is 0.0526. The van der Waals surface area contributed by atoms with Crippen molar-refractivity contribution < 1.29 is 23.1 Å². The Morgan fingerprint density at radius 1 is 1.39 bits per heavy atom. The maximum absolute atomic E-state index is 12.4. The molecule has 0 saturated heterocycles. The highest BCUT2D eigenvalue weighted by Gasteiger charge is 2.19. The summed E-state index contributed by atoms with van der Waals surface area (Å²) in [5.41, 5.74) is 0.167. The summed E-state index contributed by atoms with van der Waals surface area (Å²) in [6.45, 7) is 1.93. The van der Waals surface area contributed by atoms with Crippen molar-refractivity contribution in [3.05, 3.63) is 29.8 Å². The van der Waals surface area contributed by atoms with E-state index >= 15 is 0 Å². The zero-order valence-corrected chi connectivity index (χ0v) is 13.5. The summed E-state index contributed by atoms with van der Waals surface area (Å²) in [6, 6.07) is 5.52. The number of aliphatic carboxylic acids is 1. The van der Waals surface area contributed by atoms with Crippen molar-refractivity contribution in [2.24, 2.45) is 0 Å². The summed E-state index contributed by atoms with van der Waals surface area (Å²) >= 11 is 0. The topological polar surface area (TPSA) is 104 Å². The van der Waals surface area contributed by atoms with Gasteiger partial charge in [-0.1, -0.05) is 12.0 Å². The third kappa shape index (κ3) is 5.39. The van der Waals surface area contributed by atoms with Gasteiger partial charge in [0.15, 0.2) is 0 Å². The molecule has 0 atom stereocenters. The van der Waals surface area contributed by atoms with Crippen LogP contribution in [0.25, 0.3) is 0 Å². The lowest BCUT2D eigenvalue weighted by Crippen LogP contribution is -2.33. The lowest BCUT2D eigenvalue weighted by Gasteiger charge is -2.20. The van der Waals surface area contributed by atoms with Crippen LogP contribution in [0.4, 0.5) is 0 Å². The molecule has 2 N–H and O–H groups in total. The number of nitrogens with one attached hydrogen (secondary N) is 1. The van der Waals surface area contributed by atoms with Gasteiger partial charge in [-0.2, -0.15) is 4.72 Å². The number of benzene rings is 1. The van der Waals surface area contributed by atoms with Gasteiger partial charge in [0.05, 0.1) is 17.9 Å². The first-order chi connectivity index (χ1) is 10.8. The van der Waals surface area contributed by atoms with Gasteiger partial charge < -0.3 is 10.0 Å². The summed E-state index contributed by atoms with van der Waals surface area (Å²) in [7, 11) is -3.79. The SMILES string of the molecule is C#CCNS(=O)(=O)c1cccc(C(=O)N(CC)CCC(=O)O)c1. The van der Waals surface area contributed by atoms with Crippen molar-refractivity contribution in [2.75, 3.05) is 19.6 Å². The normalized spacial score (nSPS) is 10.8. The third-order valence-corrected chi connectivity index (χ3v) is 4.42. The molecule has 0 aromatic heterocycles. The van der Waals surface area contributed by atoms with E-state index < -0.39 is 21.9 Å². The lowest BCUT2D eigenvalue weighted by molar-refractivity contribution is -0.137. The Labute approximate surface area is 135 Å². The van der Waals surface area contributed by atoms with Gasteiger partial charge in [-0.15, -0.1) is 6.42 Å². The number of terminal acetylenes is 1. The summed E-state index contributed by atoms with van der Waals surface area (Å²) in [5, 5.41) is 8.70. The van der Waals surface area contributed by atoms with Crippen molar-refractivity contribution in [2.45, 2.75) is 18.2 Å². The van der Waals surface area contributed by atoms with Gasteiger partial charge in [0, 0.05) is 18.7 Å². The second-order valence-corrected chi connectivity index (χ2v) is 6.35. The average Bonchev–Trinajstić information content (AvgIpc) is 2.53. The predicted molar refractivity (Wildman–Crippen MR) is 84.3 cm³/mol. The van der Waals surface area contributed by atoms with E-state index in [1.54, 1.807) is 6.92 Å². The molecular weight excluding hydrogens is 320 g/mol. The summed E-state index contributed by atoms with van der Waals surface area (Å²) in [4.78, 5) is 24.3. The second-order valence-electron chi connectivity index (χ2n) is 4.59. The van der Waals surface area contributed by atoms with Crippen molar-refractivity contribution in [3.63, 3.8) is 0 Å². The van der Waals surface area contributed by atoms with Crippen LogP contribution in [0.3, 0.4) is 0 Å². The third-order valence-electron chi connectivity index (χ3n) is 3.02. The molecule has 8 heteroatoms. The second kappa shape index (κ2) is 8.31. The smallest absolute Gasteiger partial charge is 0.305 e. The van der Waals surface area contributed by atoms with Gasteiger partial charge in [-0.3, -0.25) is 9.59 Å². The van der Waals surface area contributed by atoms with Crippen LogP contribution in [0, 0.1) is 12.3 Å². The molecule has 1 rings (SSSR count). The number of hydrogen-bond donors (Lipinski definition) is 2. The number of hydrogen-bond acceptors (Lipinski definition) is 4.